The molecule has 10 heteroatoms. The molecule has 0 atom stereocenters. The highest BCUT2D eigenvalue weighted by Gasteiger charge is 2.23. The second-order valence-corrected chi connectivity index (χ2v) is 6.61. The summed E-state index contributed by atoms with van der Waals surface area (Å²) in [5.74, 6) is 1.46. The van der Waals surface area contributed by atoms with Crippen LogP contribution in [0.2, 0.25) is 0 Å². The predicted molar refractivity (Wildman–Crippen MR) is 105 cm³/mol. The number of carbonyl (C=O) groups excluding carboxylic acids is 1. The smallest absolute Gasteiger partial charge is 0.254 e. The molecular weight excluding hydrogens is 370 g/mol. The van der Waals surface area contributed by atoms with Crippen LogP contribution in [0.25, 0.3) is 16.9 Å². The Hall–Kier alpha value is -3.95. The van der Waals surface area contributed by atoms with Gasteiger partial charge in [-0.15, -0.1) is 0 Å². The molecule has 4 heterocycles. The molecule has 0 aliphatic carbocycles. The van der Waals surface area contributed by atoms with Gasteiger partial charge in [0.1, 0.15) is 24.8 Å². The van der Waals surface area contributed by atoms with E-state index in [1.54, 1.807) is 35.5 Å². The Morgan fingerprint density at radius 1 is 0.828 bits per heavy atom. The maximum Gasteiger partial charge on any atom is 0.254 e. The predicted octanol–water partition coefficient (Wildman–Crippen LogP) is 0.963. The molecule has 1 amide bonds. The second kappa shape index (κ2) is 7.23. The summed E-state index contributed by atoms with van der Waals surface area (Å²) in [6, 6.07) is 7.30. The molecule has 0 N–H and O–H groups in total. The number of fused-ring (bicyclic) bond motifs is 1. The van der Waals surface area contributed by atoms with Gasteiger partial charge in [0.05, 0.1) is 11.0 Å². The summed E-state index contributed by atoms with van der Waals surface area (Å²) in [6.45, 7) is 2.60. The van der Waals surface area contributed by atoms with Crippen molar-refractivity contribution in [2.24, 2.45) is 0 Å². The van der Waals surface area contributed by atoms with Crippen molar-refractivity contribution in [2.75, 3.05) is 31.1 Å². The topological polar surface area (TPSA) is 106 Å². The van der Waals surface area contributed by atoms with Gasteiger partial charge >= 0.3 is 0 Å². The van der Waals surface area contributed by atoms with E-state index in [1.165, 1.54) is 12.7 Å². The molecule has 1 fully saturated rings. The third-order valence-corrected chi connectivity index (χ3v) is 4.90. The maximum atomic E-state index is 12.9. The molecule has 29 heavy (non-hydrogen) atoms. The Bertz CT molecular complexity index is 1150. The van der Waals surface area contributed by atoms with E-state index < -0.39 is 0 Å². The third kappa shape index (κ3) is 3.35. The van der Waals surface area contributed by atoms with Crippen LogP contribution in [0.4, 0.5) is 5.82 Å². The number of amides is 1. The van der Waals surface area contributed by atoms with Crippen molar-refractivity contribution in [3.8, 4) is 5.82 Å². The van der Waals surface area contributed by atoms with Crippen LogP contribution in [-0.4, -0.2) is 71.7 Å². The minimum absolute atomic E-state index is 0.00296. The van der Waals surface area contributed by atoms with Gasteiger partial charge in [-0.05, 0) is 18.2 Å². The number of anilines is 1. The average Bonchev–Trinajstić information content (AvgIpc) is 3.34. The van der Waals surface area contributed by atoms with Crippen LogP contribution in [-0.2, 0) is 0 Å². The highest BCUT2D eigenvalue weighted by molar-refractivity contribution is 5.97. The largest absolute Gasteiger partial charge is 0.353 e. The summed E-state index contributed by atoms with van der Waals surface area (Å²) < 4.78 is 1.59. The standard InChI is InChI=1S/C19H17N9O/c29-19(14-1-2-15-16(9-14)22-4-3-21-15)27-7-5-26(6-8-27)17-10-18(24-12-23-17)28-13-20-11-25-28/h1-4,9-13H,5-8H2. The highest BCUT2D eigenvalue weighted by Crippen LogP contribution is 2.18. The minimum Gasteiger partial charge on any atom is -0.353 e. The van der Waals surface area contributed by atoms with E-state index in [2.05, 4.69) is 34.9 Å². The zero-order valence-electron chi connectivity index (χ0n) is 15.5. The van der Waals surface area contributed by atoms with Crippen molar-refractivity contribution in [3.05, 3.63) is 61.2 Å². The van der Waals surface area contributed by atoms with Crippen molar-refractivity contribution in [1.82, 2.24) is 39.6 Å². The van der Waals surface area contributed by atoms with Crippen molar-refractivity contribution in [2.45, 2.75) is 0 Å². The maximum absolute atomic E-state index is 12.9. The lowest BCUT2D eigenvalue weighted by molar-refractivity contribution is 0.0746. The summed E-state index contributed by atoms with van der Waals surface area (Å²) in [6.07, 6.45) is 7.84. The third-order valence-electron chi connectivity index (χ3n) is 4.90. The van der Waals surface area contributed by atoms with E-state index in [0.29, 0.717) is 37.6 Å². The molecule has 1 aliphatic heterocycles. The van der Waals surface area contributed by atoms with Crippen LogP contribution in [0, 0.1) is 0 Å². The van der Waals surface area contributed by atoms with Gasteiger partial charge in [-0.3, -0.25) is 14.8 Å². The van der Waals surface area contributed by atoms with Gasteiger partial charge in [0.15, 0.2) is 5.82 Å². The van der Waals surface area contributed by atoms with E-state index in [9.17, 15) is 4.79 Å². The summed E-state index contributed by atoms with van der Waals surface area (Å²) in [5, 5.41) is 4.10. The summed E-state index contributed by atoms with van der Waals surface area (Å²) in [5.41, 5.74) is 2.13. The Kier molecular flexibility index (Phi) is 4.28. The summed E-state index contributed by atoms with van der Waals surface area (Å²) >= 11 is 0. The fraction of sp³-hybridized carbons (Fsp3) is 0.211. The number of carbonyl (C=O) groups is 1. The summed E-state index contributed by atoms with van der Waals surface area (Å²) in [7, 11) is 0. The lowest BCUT2D eigenvalue weighted by atomic mass is 10.1. The van der Waals surface area contributed by atoms with Crippen LogP contribution >= 0.6 is 0 Å². The van der Waals surface area contributed by atoms with Crippen molar-refractivity contribution in [3.63, 3.8) is 0 Å². The zero-order valence-corrected chi connectivity index (χ0v) is 15.5. The van der Waals surface area contributed by atoms with E-state index in [4.69, 9.17) is 0 Å². The molecular formula is C19H17N9O. The molecule has 1 saturated heterocycles. The first-order valence-electron chi connectivity index (χ1n) is 9.20. The minimum atomic E-state index is 0.00296. The lowest BCUT2D eigenvalue weighted by Gasteiger charge is -2.35. The zero-order chi connectivity index (χ0) is 19.6. The molecule has 5 rings (SSSR count). The van der Waals surface area contributed by atoms with E-state index in [1.807, 2.05) is 17.0 Å². The lowest BCUT2D eigenvalue weighted by Crippen LogP contribution is -2.49. The molecule has 1 aliphatic rings. The number of hydrogen-bond donors (Lipinski definition) is 0. The van der Waals surface area contributed by atoms with Gasteiger partial charge < -0.3 is 9.80 Å². The Labute approximate surface area is 165 Å². The van der Waals surface area contributed by atoms with Crippen LogP contribution < -0.4 is 4.90 Å². The summed E-state index contributed by atoms with van der Waals surface area (Å²) in [4.78, 5) is 38.0. The van der Waals surface area contributed by atoms with Crippen LogP contribution in [0.15, 0.2) is 55.6 Å². The van der Waals surface area contributed by atoms with Gasteiger partial charge in [0.2, 0.25) is 0 Å². The molecule has 0 bridgehead atoms. The molecule has 3 aromatic heterocycles. The first kappa shape index (κ1) is 17.2. The molecule has 0 spiro atoms. The van der Waals surface area contributed by atoms with E-state index in [-0.39, 0.29) is 5.91 Å². The number of aromatic nitrogens is 7. The number of piperazine rings is 1. The molecule has 144 valence electrons. The number of rotatable bonds is 3. The Morgan fingerprint density at radius 3 is 2.41 bits per heavy atom. The van der Waals surface area contributed by atoms with E-state index >= 15 is 0 Å². The van der Waals surface area contributed by atoms with Crippen molar-refractivity contribution >= 4 is 22.8 Å². The molecule has 0 saturated carbocycles. The number of nitrogens with zero attached hydrogens (tertiary/aromatic N) is 9. The molecule has 10 nitrogen and oxygen atoms in total. The number of benzene rings is 1. The van der Waals surface area contributed by atoms with Gasteiger partial charge in [-0.1, -0.05) is 0 Å². The first-order valence-corrected chi connectivity index (χ1v) is 9.20. The quantitative estimate of drug-likeness (QED) is 0.512. The Balaban J connectivity index is 1.28. The van der Waals surface area contributed by atoms with Crippen LogP contribution in [0.1, 0.15) is 10.4 Å². The molecule has 1 aromatic carbocycles. The van der Waals surface area contributed by atoms with E-state index in [0.717, 1.165) is 16.9 Å². The SMILES string of the molecule is O=C(c1ccc2nccnc2c1)N1CCN(c2cc(-n3cncn3)ncn2)CC1. The highest BCUT2D eigenvalue weighted by atomic mass is 16.2. The van der Waals surface area contributed by atoms with Crippen molar-refractivity contribution < 1.29 is 4.79 Å². The molecule has 4 aromatic rings. The van der Waals surface area contributed by atoms with Crippen LogP contribution in [0.3, 0.4) is 0 Å². The monoisotopic (exact) mass is 387 g/mol. The second-order valence-electron chi connectivity index (χ2n) is 6.61. The van der Waals surface area contributed by atoms with Gasteiger partial charge in [0, 0.05) is 50.2 Å². The first-order chi connectivity index (χ1) is 14.3. The molecule has 0 radical (unpaired) electrons. The number of hydrogen-bond acceptors (Lipinski definition) is 8. The Morgan fingerprint density at radius 2 is 1.62 bits per heavy atom. The normalized spacial score (nSPS) is 14.3. The van der Waals surface area contributed by atoms with Gasteiger partial charge in [0.25, 0.3) is 5.91 Å². The van der Waals surface area contributed by atoms with Gasteiger partial charge in [-0.2, -0.15) is 5.10 Å². The average molecular weight is 387 g/mol. The van der Waals surface area contributed by atoms with Gasteiger partial charge in [-0.25, -0.2) is 19.6 Å². The fourth-order valence-electron chi connectivity index (χ4n) is 3.38. The fourth-order valence-corrected chi connectivity index (χ4v) is 3.38. The van der Waals surface area contributed by atoms with Crippen LogP contribution in [0.5, 0.6) is 0 Å². The molecule has 0 unspecified atom stereocenters. The van der Waals surface area contributed by atoms with Crippen molar-refractivity contribution in [1.29, 1.82) is 0 Å².